The average molecular weight is 333 g/mol. The number of hydrogen-bond donors (Lipinski definition) is 1. The Bertz CT molecular complexity index is 691. The SMILES string of the molecule is O=[N+]([O-])c1cc(F)cc(F)c1NCc1cc(Cl)cc(Cl)c1. The first-order valence-corrected chi connectivity index (χ1v) is 6.44. The topological polar surface area (TPSA) is 55.2 Å². The molecule has 2 rings (SSSR count). The van der Waals surface area contributed by atoms with Gasteiger partial charge in [-0.05, 0) is 23.8 Å². The predicted octanol–water partition coefficient (Wildman–Crippen LogP) is 4.79. The lowest BCUT2D eigenvalue weighted by molar-refractivity contribution is -0.384. The lowest BCUT2D eigenvalue weighted by Crippen LogP contribution is -2.05. The van der Waals surface area contributed by atoms with Crippen LogP contribution in [0.5, 0.6) is 0 Å². The second-order valence-corrected chi connectivity index (χ2v) is 5.04. The Kier molecular flexibility index (Phi) is 4.59. The minimum absolute atomic E-state index is 0.0453. The van der Waals surface area contributed by atoms with E-state index in [0.29, 0.717) is 27.7 Å². The van der Waals surface area contributed by atoms with Crippen LogP contribution in [0.2, 0.25) is 10.0 Å². The summed E-state index contributed by atoms with van der Waals surface area (Å²) in [6.45, 7) is 0.0453. The molecule has 1 N–H and O–H groups in total. The molecule has 0 radical (unpaired) electrons. The van der Waals surface area contributed by atoms with Crippen LogP contribution in [0.1, 0.15) is 5.56 Å². The van der Waals surface area contributed by atoms with E-state index in [4.69, 9.17) is 23.2 Å². The second kappa shape index (κ2) is 6.24. The fourth-order valence-electron chi connectivity index (χ4n) is 1.78. The molecule has 0 aliphatic carbocycles. The van der Waals surface area contributed by atoms with Crippen LogP contribution < -0.4 is 5.32 Å². The highest BCUT2D eigenvalue weighted by Crippen LogP contribution is 2.29. The molecule has 0 spiro atoms. The monoisotopic (exact) mass is 332 g/mol. The highest BCUT2D eigenvalue weighted by molar-refractivity contribution is 6.34. The molecule has 0 aromatic heterocycles. The average Bonchev–Trinajstić information content (AvgIpc) is 2.35. The van der Waals surface area contributed by atoms with E-state index in [1.54, 1.807) is 12.1 Å². The van der Waals surface area contributed by atoms with E-state index in [1.165, 1.54) is 6.07 Å². The van der Waals surface area contributed by atoms with Gasteiger partial charge in [-0.25, -0.2) is 8.78 Å². The molecule has 0 atom stereocenters. The normalized spacial score (nSPS) is 10.5. The molecule has 8 heteroatoms. The molecule has 0 aliphatic heterocycles. The van der Waals surface area contributed by atoms with Gasteiger partial charge in [-0.3, -0.25) is 10.1 Å². The van der Waals surface area contributed by atoms with Gasteiger partial charge in [0.05, 0.1) is 11.0 Å². The summed E-state index contributed by atoms with van der Waals surface area (Å²) < 4.78 is 26.7. The fraction of sp³-hybridized carbons (Fsp3) is 0.0769. The number of nitro groups is 1. The van der Waals surface area contributed by atoms with Crippen LogP contribution in [0.25, 0.3) is 0 Å². The third kappa shape index (κ3) is 3.80. The summed E-state index contributed by atoms with van der Waals surface area (Å²) in [5.74, 6) is -2.06. The Morgan fingerprint density at radius 2 is 1.71 bits per heavy atom. The van der Waals surface area contributed by atoms with Crippen LogP contribution in [0.4, 0.5) is 20.2 Å². The second-order valence-electron chi connectivity index (χ2n) is 4.17. The molecular formula is C13H8Cl2F2N2O2. The first-order valence-electron chi connectivity index (χ1n) is 5.69. The lowest BCUT2D eigenvalue weighted by atomic mass is 10.2. The Balaban J connectivity index is 2.29. The van der Waals surface area contributed by atoms with Crippen molar-refractivity contribution in [3.63, 3.8) is 0 Å². The van der Waals surface area contributed by atoms with E-state index in [-0.39, 0.29) is 6.54 Å². The molecule has 2 aromatic rings. The molecule has 0 bridgehead atoms. The standard InChI is InChI=1S/C13H8Cl2F2N2O2/c14-8-1-7(2-9(15)3-8)6-18-13-11(17)4-10(16)5-12(13)19(20)21/h1-5,18H,6H2. The molecule has 0 aliphatic rings. The number of rotatable bonds is 4. The van der Waals surface area contributed by atoms with E-state index < -0.39 is 27.9 Å². The summed E-state index contributed by atoms with van der Waals surface area (Å²) in [5, 5.41) is 14.2. The molecule has 0 fully saturated rings. The van der Waals surface area contributed by atoms with Gasteiger partial charge in [-0.15, -0.1) is 0 Å². The van der Waals surface area contributed by atoms with Gasteiger partial charge in [0.2, 0.25) is 0 Å². The summed E-state index contributed by atoms with van der Waals surface area (Å²) in [4.78, 5) is 9.97. The van der Waals surface area contributed by atoms with Crippen molar-refractivity contribution in [1.29, 1.82) is 0 Å². The van der Waals surface area contributed by atoms with Crippen LogP contribution in [-0.2, 0) is 6.54 Å². The fourth-order valence-corrected chi connectivity index (χ4v) is 2.35. The minimum Gasteiger partial charge on any atom is -0.373 e. The van der Waals surface area contributed by atoms with Gasteiger partial charge in [0, 0.05) is 22.7 Å². The van der Waals surface area contributed by atoms with Gasteiger partial charge in [0.1, 0.15) is 11.5 Å². The molecule has 21 heavy (non-hydrogen) atoms. The van der Waals surface area contributed by atoms with E-state index >= 15 is 0 Å². The van der Waals surface area contributed by atoms with Crippen molar-refractivity contribution in [3.05, 3.63) is 67.7 Å². The van der Waals surface area contributed by atoms with Crippen molar-refractivity contribution >= 4 is 34.6 Å². The van der Waals surface area contributed by atoms with Gasteiger partial charge in [0.15, 0.2) is 5.82 Å². The zero-order valence-electron chi connectivity index (χ0n) is 10.4. The highest BCUT2D eigenvalue weighted by Gasteiger charge is 2.20. The Morgan fingerprint density at radius 1 is 1.10 bits per heavy atom. The zero-order chi connectivity index (χ0) is 15.6. The van der Waals surface area contributed by atoms with E-state index in [0.717, 1.165) is 0 Å². The molecule has 4 nitrogen and oxygen atoms in total. The van der Waals surface area contributed by atoms with E-state index in [2.05, 4.69) is 5.32 Å². The van der Waals surface area contributed by atoms with Gasteiger partial charge in [0.25, 0.3) is 5.69 Å². The van der Waals surface area contributed by atoms with Crippen molar-refractivity contribution in [2.75, 3.05) is 5.32 Å². The third-order valence-corrected chi connectivity index (χ3v) is 3.06. The lowest BCUT2D eigenvalue weighted by Gasteiger charge is -2.09. The predicted molar refractivity (Wildman–Crippen MR) is 76.8 cm³/mol. The van der Waals surface area contributed by atoms with Crippen LogP contribution in [0.3, 0.4) is 0 Å². The van der Waals surface area contributed by atoms with Gasteiger partial charge in [-0.1, -0.05) is 23.2 Å². The van der Waals surface area contributed by atoms with Gasteiger partial charge < -0.3 is 5.32 Å². The van der Waals surface area contributed by atoms with Crippen molar-refractivity contribution in [2.24, 2.45) is 0 Å². The summed E-state index contributed by atoms with van der Waals surface area (Å²) in [7, 11) is 0. The number of nitrogens with zero attached hydrogens (tertiary/aromatic N) is 1. The van der Waals surface area contributed by atoms with Crippen molar-refractivity contribution in [1.82, 2.24) is 0 Å². The highest BCUT2D eigenvalue weighted by atomic mass is 35.5. The maximum absolute atomic E-state index is 13.7. The van der Waals surface area contributed by atoms with Crippen LogP contribution in [0, 0.1) is 21.7 Å². The first-order chi connectivity index (χ1) is 9.86. The van der Waals surface area contributed by atoms with E-state index in [9.17, 15) is 18.9 Å². The van der Waals surface area contributed by atoms with Crippen molar-refractivity contribution in [3.8, 4) is 0 Å². The number of halogens is 4. The quantitative estimate of drug-likeness (QED) is 0.646. The Morgan fingerprint density at radius 3 is 2.29 bits per heavy atom. The van der Waals surface area contributed by atoms with E-state index in [1.807, 2.05) is 0 Å². The maximum atomic E-state index is 13.7. The molecule has 0 unspecified atom stereocenters. The molecule has 110 valence electrons. The number of nitrogens with one attached hydrogen (secondary N) is 1. The van der Waals surface area contributed by atoms with Gasteiger partial charge in [-0.2, -0.15) is 0 Å². The van der Waals surface area contributed by atoms with Crippen LogP contribution in [0.15, 0.2) is 30.3 Å². The molecule has 0 saturated carbocycles. The number of benzene rings is 2. The summed E-state index contributed by atoms with van der Waals surface area (Å²) in [6, 6.07) is 5.89. The summed E-state index contributed by atoms with van der Waals surface area (Å²) in [6.07, 6.45) is 0. The zero-order valence-corrected chi connectivity index (χ0v) is 11.9. The maximum Gasteiger partial charge on any atom is 0.298 e. The first kappa shape index (κ1) is 15.5. The van der Waals surface area contributed by atoms with Crippen LogP contribution >= 0.6 is 23.2 Å². The third-order valence-electron chi connectivity index (χ3n) is 2.62. The summed E-state index contributed by atoms with van der Waals surface area (Å²) in [5.41, 5.74) is -0.469. The van der Waals surface area contributed by atoms with Gasteiger partial charge >= 0.3 is 0 Å². The Hall–Kier alpha value is -1.92. The molecular weight excluding hydrogens is 325 g/mol. The Labute approximate surface area is 128 Å². The molecule has 0 amide bonds. The van der Waals surface area contributed by atoms with Crippen molar-refractivity contribution in [2.45, 2.75) is 6.54 Å². The molecule has 2 aromatic carbocycles. The number of hydrogen-bond acceptors (Lipinski definition) is 3. The largest absolute Gasteiger partial charge is 0.373 e. The number of nitro benzene ring substituents is 1. The molecule has 0 heterocycles. The smallest absolute Gasteiger partial charge is 0.298 e. The summed E-state index contributed by atoms with van der Waals surface area (Å²) >= 11 is 11.6. The minimum atomic E-state index is -1.05. The van der Waals surface area contributed by atoms with Crippen LogP contribution in [-0.4, -0.2) is 4.92 Å². The number of anilines is 1. The molecule has 0 saturated heterocycles. The van der Waals surface area contributed by atoms with Crippen molar-refractivity contribution < 1.29 is 13.7 Å².